The summed E-state index contributed by atoms with van der Waals surface area (Å²) < 4.78 is 31.9. The normalized spacial score (nSPS) is 10.3. The molecule has 0 saturated carbocycles. The Bertz CT molecular complexity index is 567. The Morgan fingerprint density at radius 1 is 1.28 bits per heavy atom. The van der Waals surface area contributed by atoms with Gasteiger partial charge < -0.3 is 14.8 Å². The summed E-state index contributed by atoms with van der Waals surface area (Å²) in [6, 6.07) is 5.52. The molecule has 1 aromatic carbocycles. The predicted molar refractivity (Wildman–Crippen MR) is 59.4 cm³/mol. The predicted octanol–water partition coefficient (Wildman–Crippen LogP) is 2.87. The molecular formula is C12H9F2NO3. The lowest BCUT2D eigenvalue weighted by molar-refractivity contribution is 0.0690. The molecule has 94 valence electrons. The number of benzene rings is 1. The van der Waals surface area contributed by atoms with Crippen LogP contribution in [0.15, 0.2) is 34.9 Å². The summed E-state index contributed by atoms with van der Waals surface area (Å²) in [5.74, 6) is -3.56. The molecule has 2 aromatic rings. The maximum Gasteiger partial charge on any atom is 0.338 e. The SMILES string of the molecule is O=C(O)c1ccc(NCc2ccco2)c(F)c1F. The van der Waals surface area contributed by atoms with Gasteiger partial charge in [0.05, 0.1) is 24.1 Å². The molecule has 18 heavy (non-hydrogen) atoms. The maximum atomic E-state index is 13.5. The van der Waals surface area contributed by atoms with E-state index in [1.807, 2.05) is 0 Å². The third-order valence-corrected chi connectivity index (χ3v) is 2.35. The zero-order chi connectivity index (χ0) is 13.1. The topological polar surface area (TPSA) is 62.5 Å². The van der Waals surface area contributed by atoms with E-state index in [0.717, 1.165) is 6.07 Å². The highest BCUT2D eigenvalue weighted by Gasteiger charge is 2.17. The monoisotopic (exact) mass is 253 g/mol. The number of hydrogen-bond acceptors (Lipinski definition) is 3. The molecular weight excluding hydrogens is 244 g/mol. The van der Waals surface area contributed by atoms with Crippen molar-refractivity contribution in [3.05, 3.63) is 53.5 Å². The average Bonchev–Trinajstić information content (AvgIpc) is 2.83. The van der Waals surface area contributed by atoms with E-state index in [2.05, 4.69) is 5.32 Å². The van der Waals surface area contributed by atoms with Gasteiger partial charge in [0, 0.05) is 0 Å². The molecule has 0 amide bonds. The molecule has 0 aliphatic heterocycles. The van der Waals surface area contributed by atoms with Gasteiger partial charge in [0.15, 0.2) is 11.6 Å². The molecule has 0 aliphatic carbocycles. The summed E-state index contributed by atoms with van der Waals surface area (Å²) >= 11 is 0. The minimum Gasteiger partial charge on any atom is -0.478 e. The highest BCUT2D eigenvalue weighted by atomic mass is 19.2. The van der Waals surface area contributed by atoms with Crippen LogP contribution in [0.4, 0.5) is 14.5 Å². The zero-order valence-electron chi connectivity index (χ0n) is 9.11. The molecule has 0 aliphatic rings. The second-order valence-corrected chi connectivity index (χ2v) is 3.53. The number of nitrogens with one attached hydrogen (secondary N) is 1. The van der Waals surface area contributed by atoms with Crippen molar-refractivity contribution in [3.8, 4) is 0 Å². The number of halogens is 2. The molecule has 0 radical (unpaired) electrons. The molecule has 2 rings (SSSR count). The largest absolute Gasteiger partial charge is 0.478 e. The minimum atomic E-state index is -1.51. The Morgan fingerprint density at radius 3 is 2.67 bits per heavy atom. The Morgan fingerprint density at radius 2 is 2.06 bits per heavy atom. The lowest BCUT2D eigenvalue weighted by Crippen LogP contribution is -2.07. The third kappa shape index (κ3) is 2.32. The number of carboxylic acid groups (broad SMARTS) is 1. The Kier molecular flexibility index (Phi) is 3.27. The van der Waals surface area contributed by atoms with E-state index >= 15 is 0 Å². The Labute approximate surface area is 101 Å². The van der Waals surface area contributed by atoms with Crippen LogP contribution in [0.5, 0.6) is 0 Å². The van der Waals surface area contributed by atoms with Gasteiger partial charge in [0.25, 0.3) is 0 Å². The maximum absolute atomic E-state index is 13.5. The van der Waals surface area contributed by atoms with E-state index in [1.165, 1.54) is 12.3 Å². The first-order valence-electron chi connectivity index (χ1n) is 5.07. The molecule has 0 spiro atoms. The van der Waals surface area contributed by atoms with Gasteiger partial charge in [-0.1, -0.05) is 0 Å². The summed E-state index contributed by atoms with van der Waals surface area (Å²) in [4.78, 5) is 10.6. The van der Waals surface area contributed by atoms with Crippen LogP contribution in [0.25, 0.3) is 0 Å². The van der Waals surface area contributed by atoms with E-state index in [0.29, 0.717) is 5.76 Å². The van der Waals surface area contributed by atoms with Gasteiger partial charge >= 0.3 is 5.97 Å². The number of aromatic carboxylic acids is 1. The minimum absolute atomic E-state index is 0.117. The van der Waals surface area contributed by atoms with Crippen LogP contribution in [0.2, 0.25) is 0 Å². The van der Waals surface area contributed by atoms with Crippen molar-refractivity contribution >= 4 is 11.7 Å². The average molecular weight is 253 g/mol. The smallest absolute Gasteiger partial charge is 0.338 e. The van der Waals surface area contributed by atoms with Gasteiger partial charge in [-0.2, -0.15) is 0 Å². The van der Waals surface area contributed by atoms with Crippen molar-refractivity contribution in [1.82, 2.24) is 0 Å². The molecule has 0 bridgehead atoms. The van der Waals surface area contributed by atoms with Crippen LogP contribution in [-0.2, 0) is 6.54 Å². The quantitative estimate of drug-likeness (QED) is 0.879. The number of rotatable bonds is 4. The summed E-state index contributed by atoms with van der Waals surface area (Å²) in [6.45, 7) is 0.176. The van der Waals surface area contributed by atoms with E-state index in [9.17, 15) is 13.6 Å². The number of anilines is 1. The van der Waals surface area contributed by atoms with Gasteiger partial charge in [-0.25, -0.2) is 13.6 Å². The second kappa shape index (κ2) is 4.87. The number of carbonyl (C=O) groups is 1. The van der Waals surface area contributed by atoms with E-state index in [4.69, 9.17) is 9.52 Å². The van der Waals surface area contributed by atoms with E-state index in [-0.39, 0.29) is 12.2 Å². The summed E-state index contributed by atoms with van der Waals surface area (Å²) in [5, 5.41) is 11.2. The fourth-order valence-corrected chi connectivity index (χ4v) is 1.45. The van der Waals surface area contributed by atoms with Gasteiger partial charge in [-0.3, -0.25) is 0 Å². The molecule has 0 atom stereocenters. The van der Waals surface area contributed by atoms with Gasteiger partial charge in [-0.05, 0) is 24.3 Å². The van der Waals surface area contributed by atoms with Crippen LogP contribution >= 0.6 is 0 Å². The first kappa shape index (κ1) is 12.1. The molecule has 4 nitrogen and oxygen atoms in total. The van der Waals surface area contributed by atoms with Gasteiger partial charge in [-0.15, -0.1) is 0 Å². The first-order chi connectivity index (χ1) is 8.59. The van der Waals surface area contributed by atoms with Crippen LogP contribution in [-0.4, -0.2) is 11.1 Å². The fourth-order valence-electron chi connectivity index (χ4n) is 1.45. The Hall–Kier alpha value is -2.37. The number of carboxylic acids is 1. The fraction of sp³-hybridized carbons (Fsp3) is 0.0833. The zero-order valence-corrected chi connectivity index (χ0v) is 9.11. The van der Waals surface area contributed by atoms with Crippen molar-refractivity contribution in [2.75, 3.05) is 5.32 Å². The third-order valence-electron chi connectivity index (χ3n) is 2.35. The van der Waals surface area contributed by atoms with Crippen LogP contribution in [0, 0.1) is 11.6 Å². The van der Waals surface area contributed by atoms with Crippen LogP contribution < -0.4 is 5.32 Å². The van der Waals surface area contributed by atoms with Crippen molar-refractivity contribution < 1.29 is 23.1 Å². The van der Waals surface area contributed by atoms with Crippen molar-refractivity contribution in [2.24, 2.45) is 0 Å². The standard InChI is InChI=1S/C12H9F2NO3/c13-10-8(12(16)17)3-4-9(11(10)14)15-6-7-2-1-5-18-7/h1-5,15H,6H2,(H,16,17). The number of hydrogen-bond donors (Lipinski definition) is 2. The summed E-state index contributed by atoms with van der Waals surface area (Å²) in [5.41, 5.74) is -0.815. The van der Waals surface area contributed by atoms with Gasteiger partial charge in [0.2, 0.25) is 0 Å². The van der Waals surface area contributed by atoms with Crippen molar-refractivity contribution in [1.29, 1.82) is 0 Å². The van der Waals surface area contributed by atoms with E-state index in [1.54, 1.807) is 12.1 Å². The van der Waals surface area contributed by atoms with Crippen molar-refractivity contribution in [3.63, 3.8) is 0 Å². The molecule has 0 unspecified atom stereocenters. The molecule has 0 fully saturated rings. The van der Waals surface area contributed by atoms with Crippen molar-refractivity contribution in [2.45, 2.75) is 6.54 Å². The lowest BCUT2D eigenvalue weighted by atomic mass is 10.2. The molecule has 1 aromatic heterocycles. The highest BCUT2D eigenvalue weighted by Crippen LogP contribution is 2.21. The summed E-state index contributed by atoms with van der Waals surface area (Å²) in [6.07, 6.45) is 1.46. The Balaban J connectivity index is 2.19. The number of furan rings is 1. The summed E-state index contributed by atoms with van der Waals surface area (Å²) in [7, 11) is 0. The van der Waals surface area contributed by atoms with E-state index < -0.39 is 23.2 Å². The van der Waals surface area contributed by atoms with Crippen LogP contribution in [0.1, 0.15) is 16.1 Å². The molecule has 1 heterocycles. The first-order valence-corrected chi connectivity index (χ1v) is 5.07. The molecule has 0 saturated heterocycles. The van der Waals surface area contributed by atoms with Gasteiger partial charge in [0.1, 0.15) is 5.76 Å². The van der Waals surface area contributed by atoms with Crippen LogP contribution in [0.3, 0.4) is 0 Å². The lowest BCUT2D eigenvalue weighted by Gasteiger charge is -2.07. The molecule has 6 heteroatoms. The second-order valence-electron chi connectivity index (χ2n) is 3.53. The highest BCUT2D eigenvalue weighted by molar-refractivity contribution is 5.88. The molecule has 2 N–H and O–H groups in total.